The normalized spacial score (nSPS) is 32.6. The zero-order valence-corrected chi connectivity index (χ0v) is 14.9. The van der Waals surface area contributed by atoms with E-state index in [1.54, 1.807) is 35.8 Å². The van der Waals surface area contributed by atoms with Crippen LogP contribution in [0.3, 0.4) is 0 Å². The van der Waals surface area contributed by atoms with Crippen molar-refractivity contribution < 1.29 is 19.4 Å². The standard InChI is InChI=1S/C17H26N4O4/c1-11(22)19-14-10-25-13-4-6-21(9-12(13)8-17(14,2)24)16(23)15-18-5-7-20(15)3/h5,7,12-14,24H,4,6,8-10H2,1-3H3,(H,19,22)/t12-,13+,14+,17+/m0/s1. The summed E-state index contributed by atoms with van der Waals surface area (Å²) in [6.45, 7) is 4.54. The van der Waals surface area contributed by atoms with Gasteiger partial charge in [0, 0.05) is 45.4 Å². The number of hydrogen-bond donors (Lipinski definition) is 2. The molecule has 8 heteroatoms. The number of carbonyl (C=O) groups is 2. The maximum absolute atomic E-state index is 12.7. The Morgan fingerprint density at radius 1 is 1.48 bits per heavy atom. The Bertz CT molecular complexity index is 657. The Morgan fingerprint density at radius 3 is 2.88 bits per heavy atom. The molecule has 25 heavy (non-hydrogen) atoms. The van der Waals surface area contributed by atoms with Gasteiger partial charge >= 0.3 is 0 Å². The number of nitrogens with zero attached hydrogens (tertiary/aromatic N) is 3. The van der Waals surface area contributed by atoms with Crippen molar-refractivity contribution in [3.63, 3.8) is 0 Å². The van der Waals surface area contributed by atoms with E-state index in [0.29, 0.717) is 31.8 Å². The van der Waals surface area contributed by atoms with Crippen molar-refractivity contribution in [3.05, 3.63) is 18.2 Å². The third-order valence-corrected chi connectivity index (χ3v) is 5.24. The molecule has 0 spiro atoms. The van der Waals surface area contributed by atoms with Crippen LogP contribution < -0.4 is 5.32 Å². The van der Waals surface area contributed by atoms with Crippen molar-refractivity contribution in [1.29, 1.82) is 0 Å². The van der Waals surface area contributed by atoms with Gasteiger partial charge in [0.25, 0.3) is 5.91 Å². The number of ether oxygens (including phenoxy) is 1. The number of aliphatic hydroxyl groups is 1. The number of imidazole rings is 1. The number of fused-ring (bicyclic) bond motifs is 1. The van der Waals surface area contributed by atoms with Gasteiger partial charge in [-0.3, -0.25) is 9.59 Å². The molecule has 0 radical (unpaired) electrons. The highest BCUT2D eigenvalue weighted by atomic mass is 16.5. The van der Waals surface area contributed by atoms with Crippen molar-refractivity contribution in [3.8, 4) is 0 Å². The number of nitrogens with one attached hydrogen (secondary N) is 1. The first-order chi connectivity index (χ1) is 11.8. The summed E-state index contributed by atoms with van der Waals surface area (Å²) in [5, 5.41) is 13.6. The fourth-order valence-electron chi connectivity index (χ4n) is 3.84. The predicted octanol–water partition coefficient (Wildman–Crippen LogP) is -0.0732. The van der Waals surface area contributed by atoms with Crippen LogP contribution in [-0.4, -0.2) is 68.8 Å². The second-order valence-electron chi connectivity index (χ2n) is 7.35. The van der Waals surface area contributed by atoms with Crippen molar-refractivity contribution in [2.24, 2.45) is 13.0 Å². The molecule has 0 aromatic carbocycles. The molecule has 0 unspecified atom stereocenters. The smallest absolute Gasteiger partial charge is 0.289 e. The summed E-state index contributed by atoms with van der Waals surface area (Å²) in [7, 11) is 1.80. The highest BCUT2D eigenvalue weighted by Gasteiger charge is 2.44. The molecule has 0 bridgehead atoms. The molecule has 2 N–H and O–H groups in total. The van der Waals surface area contributed by atoms with Crippen molar-refractivity contribution in [1.82, 2.24) is 19.8 Å². The zero-order chi connectivity index (χ0) is 18.2. The summed E-state index contributed by atoms with van der Waals surface area (Å²) in [5.74, 6) is 0.140. The zero-order valence-electron chi connectivity index (χ0n) is 14.9. The second-order valence-corrected chi connectivity index (χ2v) is 7.35. The van der Waals surface area contributed by atoms with Crippen LogP contribution in [0, 0.1) is 5.92 Å². The minimum absolute atomic E-state index is 0.0179. The molecular weight excluding hydrogens is 324 g/mol. The van der Waals surface area contributed by atoms with Gasteiger partial charge in [-0.1, -0.05) is 0 Å². The van der Waals surface area contributed by atoms with Gasteiger partial charge in [0.2, 0.25) is 5.91 Å². The van der Waals surface area contributed by atoms with E-state index >= 15 is 0 Å². The summed E-state index contributed by atoms with van der Waals surface area (Å²) < 4.78 is 7.67. The SMILES string of the molecule is CC(=O)N[C@@H]1CO[C@@H]2CCN(C(=O)c3nccn3C)C[C@@H]2C[C@@]1(C)O. The van der Waals surface area contributed by atoms with E-state index in [1.165, 1.54) is 6.92 Å². The van der Waals surface area contributed by atoms with Gasteiger partial charge in [-0.15, -0.1) is 0 Å². The molecular formula is C17H26N4O4. The van der Waals surface area contributed by atoms with Gasteiger partial charge < -0.3 is 24.6 Å². The summed E-state index contributed by atoms with van der Waals surface area (Å²) in [4.78, 5) is 30.0. The highest BCUT2D eigenvalue weighted by molar-refractivity contribution is 5.90. The first kappa shape index (κ1) is 17.9. The lowest BCUT2D eigenvalue weighted by Gasteiger charge is -2.39. The van der Waals surface area contributed by atoms with Gasteiger partial charge in [0.05, 0.1) is 24.4 Å². The lowest BCUT2D eigenvalue weighted by molar-refractivity contribution is -0.122. The van der Waals surface area contributed by atoms with Gasteiger partial charge in [-0.25, -0.2) is 4.98 Å². The van der Waals surface area contributed by atoms with Crippen LogP contribution in [0.5, 0.6) is 0 Å². The maximum Gasteiger partial charge on any atom is 0.289 e. The summed E-state index contributed by atoms with van der Waals surface area (Å²) in [5.41, 5.74) is -1.08. The molecule has 138 valence electrons. The second kappa shape index (κ2) is 6.76. The third-order valence-electron chi connectivity index (χ3n) is 5.24. The minimum Gasteiger partial charge on any atom is -0.388 e. The van der Waals surface area contributed by atoms with Crippen molar-refractivity contribution >= 4 is 11.8 Å². The largest absolute Gasteiger partial charge is 0.388 e. The molecule has 2 saturated heterocycles. The number of aryl methyl sites for hydroxylation is 1. The van der Waals surface area contributed by atoms with E-state index in [4.69, 9.17) is 4.74 Å². The molecule has 2 amide bonds. The van der Waals surface area contributed by atoms with Crippen molar-refractivity contribution in [2.45, 2.75) is 44.4 Å². The van der Waals surface area contributed by atoms with Crippen molar-refractivity contribution in [2.75, 3.05) is 19.7 Å². The number of rotatable bonds is 2. The van der Waals surface area contributed by atoms with Crippen LogP contribution in [0.4, 0.5) is 0 Å². The summed E-state index contributed by atoms with van der Waals surface area (Å²) in [6, 6.07) is -0.450. The minimum atomic E-state index is -1.08. The number of aromatic nitrogens is 2. The number of piperidine rings is 1. The fraction of sp³-hybridized carbons (Fsp3) is 0.706. The summed E-state index contributed by atoms with van der Waals surface area (Å²) in [6.07, 6.45) is 4.52. The molecule has 3 rings (SSSR count). The third kappa shape index (κ3) is 3.69. The molecule has 2 fully saturated rings. The quantitative estimate of drug-likeness (QED) is 0.778. The fourth-order valence-corrected chi connectivity index (χ4v) is 3.84. The highest BCUT2D eigenvalue weighted by Crippen LogP contribution is 2.33. The number of carbonyl (C=O) groups excluding carboxylic acids is 2. The Balaban J connectivity index is 1.72. The van der Waals surface area contributed by atoms with Gasteiger partial charge in [0.1, 0.15) is 0 Å². The lowest BCUT2D eigenvalue weighted by Crippen LogP contribution is -2.53. The van der Waals surface area contributed by atoms with Crippen LogP contribution >= 0.6 is 0 Å². The molecule has 0 saturated carbocycles. The average molecular weight is 350 g/mol. The first-order valence-electron chi connectivity index (χ1n) is 8.65. The van der Waals surface area contributed by atoms with E-state index < -0.39 is 11.6 Å². The van der Waals surface area contributed by atoms with E-state index in [-0.39, 0.29) is 30.4 Å². The predicted molar refractivity (Wildman–Crippen MR) is 89.8 cm³/mol. The topological polar surface area (TPSA) is 96.7 Å². The van der Waals surface area contributed by atoms with E-state index in [9.17, 15) is 14.7 Å². The molecule has 1 aromatic heterocycles. The molecule has 1 aromatic rings. The van der Waals surface area contributed by atoms with Crippen LogP contribution in [0.1, 0.15) is 37.3 Å². The molecule has 4 atom stereocenters. The average Bonchev–Trinajstić information content (AvgIpc) is 2.91. The molecule has 2 aliphatic rings. The van der Waals surface area contributed by atoms with E-state index in [1.807, 2.05) is 0 Å². The molecule has 8 nitrogen and oxygen atoms in total. The number of likely N-dealkylation sites (tertiary alicyclic amines) is 1. The van der Waals surface area contributed by atoms with Crippen LogP contribution in [0.2, 0.25) is 0 Å². The van der Waals surface area contributed by atoms with Crippen LogP contribution in [0.15, 0.2) is 12.4 Å². The molecule has 0 aliphatic carbocycles. The van der Waals surface area contributed by atoms with Gasteiger partial charge in [0.15, 0.2) is 5.82 Å². The summed E-state index contributed by atoms with van der Waals surface area (Å²) >= 11 is 0. The van der Waals surface area contributed by atoms with Crippen LogP contribution in [-0.2, 0) is 16.6 Å². The lowest BCUT2D eigenvalue weighted by atomic mass is 9.82. The maximum atomic E-state index is 12.7. The number of hydrogen-bond acceptors (Lipinski definition) is 5. The Labute approximate surface area is 147 Å². The number of amides is 2. The Hall–Kier alpha value is -1.93. The van der Waals surface area contributed by atoms with E-state index in [2.05, 4.69) is 10.3 Å². The van der Waals surface area contributed by atoms with E-state index in [0.717, 1.165) is 0 Å². The molecule has 3 heterocycles. The molecule has 2 aliphatic heterocycles. The Kier molecular flexibility index (Phi) is 4.83. The van der Waals surface area contributed by atoms with Gasteiger partial charge in [-0.05, 0) is 19.8 Å². The monoisotopic (exact) mass is 350 g/mol. The Morgan fingerprint density at radius 2 is 2.24 bits per heavy atom. The van der Waals surface area contributed by atoms with Crippen LogP contribution in [0.25, 0.3) is 0 Å². The first-order valence-corrected chi connectivity index (χ1v) is 8.65. The van der Waals surface area contributed by atoms with Gasteiger partial charge in [-0.2, -0.15) is 0 Å².